The Morgan fingerprint density at radius 3 is 2.78 bits per heavy atom. The van der Waals surface area contributed by atoms with Gasteiger partial charge in [0.25, 0.3) is 5.91 Å². The quantitative estimate of drug-likeness (QED) is 0.470. The number of carbonyl (C=O) groups excluding carboxylic acids is 3. The Labute approximate surface area is 159 Å². The largest absolute Gasteiger partial charge is 0.490 e. The zero-order valence-corrected chi connectivity index (χ0v) is 15.8. The summed E-state index contributed by atoms with van der Waals surface area (Å²) in [5.74, 6) is -0.137. The minimum absolute atomic E-state index is 0.0539. The Balaban J connectivity index is 1.48. The summed E-state index contributed by atoms with van der Waals surface area (Å²) in [7, 11) is 0. The van der Waals surface area contributed by atoms with Gasteiger partial charge in [-0.25, -0.2) is 4.79 Å². The topological polar surface area (TPSA) is 84.9 Å². The molecule has 27 heavy (non-hydrogen) atoms. The SMILES string of the molecule is Cc1ccccc1OCCOC(=O)CN1C(=O)N[C@]2(CCCC[C@H]2C)C1=O. The maximum Gasteiger partial charge on any atom is 0.326 e. The molecule has 0 bridgehead atoms. The van der Waals surface area contributed by atoms with E-state index in [2.05, 4.69) is 5.32 Å². The van der Waals surface area contributed by atoms with E-state index < -0.39 is 17.5 Å². The number of nitrogens with zero attached hydrogens (tertiary/aromatic N) is 1. The van der Waals surface area contributed by atoms with E-state index in [4.69, 9.17) is 9.47 Å². The van der Waals surface area contributed by atoms with Gasteiger partial charge in [0, 0.05) is 0 Å². The summed E-state index contributed by atoms with van der Waals surface area (Å²) in [4.78, 5) is 38.1. The molecular weight excluding hydrogens is 348 g/mol. The fourth-order valence-corrected chi connectivity index (χ4v) is 3.84. The molecule has 1 saturated carbocycles. The van der Waals surface area contributed by atoms with Crippen LogP contribution in [0.2, 0.25) is 0 Å². The molecule has 2 atom stereocenters. The third-order valence-corrected chi connectivity index (χ3v) is 5.49. The predicted molar refractivity (Wildman–Crippen MR) is 98.2 cm³/mol. The lowest BCUT2D eigenvalue weighted by Gasteiger charge is -2.36. The Hall–Kier alpha value is -2.57. The van der Waals surface area contributed by atoms with Crippen LogP contribution >= 0.6 is 0 Å². The number of rotatable bonds is 6. The second-order valence-corrected chi connectivity index (χ2v) is 7.27. The van der Waals surface area contributed by atoms with Crippen molar-refractivity contribution >= 4 is 17.9 Å². The van der Waals surface area contributed by atoms with Crippen LogP contribution < -0.4 is 10.1 Å². The van der Waals surface area contributed by atoms with Crippen LogP contribution in [0.15, 0.2) is 24.3 Å². The van der Waals surface area contributed by atoms with Gasteiger partial charge in [-0.15, -0.1) is 0 Å². The molecule has 2 fully saturated rings. The number of hydrogen-bond acceptors (Lipinski definition) is 5. The first kappa shape index (κ1) is 19.2. The van der Waals surface area contributed by atoms with Crippen LogP contribution in [0.25, 0.3) is 0 Å². The molecule has 1 heterocycles. The number of carbonyl (C=O) groups is 3. The zero-order chi connectivity index (χ0) is 19.4. The summed E-state index contributed by atoms with van der Waals surface area (Å²) in [6.07, 6.45) is 3.45. The molecule has 1 aliphatic carbocycles. The van der Waals surface area contributed by atoms with Crippen LogP contribution in [0.5, 0.6) is 5.75 Å². The van der Waals surface area contributed by atoms with E-state index >= 15 is 0 Å². The minimum Gasteiger partial charge on any atom is -0.490 e. The monoisotopic (exact) mass is 374 g/mol. The Bertz CT molecular complexity index is 735. The van der Waals surface area contributed by atoms with Crippen LogP contribution in [-0.4, -0.2) is 48.1 Å². The van der Waals surface area contributed by atoms with Crippen LogP contribution in [0.1, 0.15) is 38.2 Å². The van der Waals surface area contributed by atoms with Crippen LogP contribution in [0.3, 0.4) is 0 Å². The first-order valence-corrected chi connectivity index (χ1v) is 9.42. The van der Waals surface area contributed by atoms with Crippen LogP contribution in [0, 0.1) is 12.8 Å². The van der Waals surface area contributed by atoms with Gasteiger partial charge in [-0.05, 0) is 37.3 Å². The molecule has 0 aromatic heterocycles. The van der Waals surface area contributed by atoms with Crippen molar-refractivity contribution in [3.8, 4) is 5.75 Å². The van der Waals surface area contributed by atoms with Gasteiger partial charge in [0.1, 0.15) is 31.0 Å². The normalized spacial score (nSPS) is 24.8. The highest BCUT2D eigenvalue weighted by atomic mass is 16.6. The second-order valence-electron chi connectivity index (χ2n) is 7.27. The maximum absolute atomic E-state index is 12.8. The summed E-state index contributed by atoms with van der Waals surface area (Å²) in [5, 5.41) is 2.82. The number of nitrogens with one attached hydrogen (secondary N) is 1. The average molecular weight is 374 g/mol. The zero-order valence-electron chi connectivity index (χ0n) is 15.8. The molecule has 1 aromatic rings. The number of benzene rings is 1. The fraction of sp³-hybridized carbons (Fsp3) is 0.550. The number of imide groups is 1. The number of amides is 3. The van der Waals surface area contributed by atoms with Crippen molar-refractivity contribution in [2.24, 2.45) is 5.92 Å². The minimum atomic E-state index is -0.858. The lowest BCUT2D eigenvalue weighted by molar-refractivity contribution is -0.149. The van der Waals surface area contributed by atoms with Crippen LogP contribution in [0.4, 0.5) is 4.79 Å². The summed E-state index contributed by atoms with van der Waals surface area (Å²) in [5.41, 5.74) is 0.138. The highest BCUT2D eigenvalue weighted by molar-refractivity contribution is 6.08. The molecular formula is C20H26N2O5. The van der Waals surface area contributed by atoms with Gasteiger partial charge in [0.2, 0.25) is 0 Å². The van der Waals surface area contributed by atoms with Gasteiger partial charge >= 0.3 is 12.0 Å². The van der Waals surface area contributed by atoms with Crippen molar-refractivity contribution < 1.29 is 23.9 Å². The number of esters is 1. The molecule has 1 aromatic carbocycles. The van der Waals surface area contributed by atoms with Gasteiger partial charge in [-0.1, -0.05) is 38.0 Å². The van der Waals surface area contributed by atoms with E-state index in [1.807, 2.05) is 38.1 Å². The molecule has 0 unspecified atom stereocenters. The standard InChI is InChI=1S/C20H26N2O5/c1-14-7-3-4-9-16(14)26-11-12-27-17(23)13-22-18(24)20(21-19(22)25)10-6-5-8-15(20)2/h3-4,7,9,15H,5-6,8,10-13H2,1-2H3,(H,21,25)/t15-,20+/m1/s1. The van der Waals surface area contributed by atoms with Gasteiger partial charge in [-0.3, -0.25) is 14.5 Å². The first-order chi connectivity index (χ1) is 12.9. The molecule has 2 aliphatic rings. The number of hydrogen-bond donors (Lipinski definition) is 1. The van der Waals surface area contributed by atoms with Gasteiger partial charge < -0.3 is 14.8 Å². The van der Waals surface area contributed by atoms with Gasteiger partial charge in [0.15, 0.2) is 0 Å². The van der Waals surface area contributed by atoms with Crippen LogP contribution in [-0.2, 0) is 14.3 Å². The first-order valence-electron chi connectivity index (χ1n) is 9.42. The van der Waals surface area contributed by atoms with Gasteiger partial charge in [0.05, 0.1) is 0 Å². The molecule has 146 valence electrons. The van der Waals surface area contributed by atoms with Crippen molar-refractivity contribution in [1.82, 2.24) is 10.2 Å². The highest BCUT2D eigenvalue weighted by Gasteiger charge is 2.55. The van der Waals surface area contributed by atoms with Crippen molar-refractivity contribution in [3.63, 3.8) is 0 Å². The Morgan fingerprint density at radius 1 is 1.26 bits per heavy atom. The molecule has 7 nitrogen and oxygen atoms in total. The van der Waals surface area contributed by atoms with E-state index in [1.54, 1.807) is 0 Å². The van der Waals surface area contributed by atoms with E-state index in [0.717, 1.165) is 35.5 Å². The van der Waals surface area contributed by atoms with Crippen molar-refractivity contribution in [2.45, 2.75) is 45.1 Å². The van der Waals surface area contributed by atoms with Crippen molar-refractivity contribution in [2.75, 3.05) is 19.8 Å². The summed E-state index contributed by atoms with van der Waals surface area (Å²) in [6.45, 7) is 3.79. The van der Waals surface area contributed by atoms with E-state index in [-0.39, 0.29) is 31.6 Å². The lowest BCUT2D eigenvalue weighted by atomic mass is 9.73. The molecule has 1 aliphatic heterocycles. The van der Waals surface area contributed by atoms with E-state index in [1.165, 1.54) is 0 Å². The molecule has 1 N–H and O–H groups in total. The van der Waals surface area contributed by atoms with E-state index in [0.29, 0.717) is 6.42 Å². The molecule has 3 amide bonds. The molecule has 0 radical (unpaired) electrons. The molecule has 1 saturated heterocycles. The average Bonchev–Trinajstić information content (AvgIpc) is 2.88. The maximum atomic E-state index is 12.8. The summed E-state index contributed by atoms with van der Waals surface area (Å²) < 4.78 is 10.7. The fourth-order valence-electron chi connectivity index (χ4n) is 3.84. The third kappa shape index (κ3) is 3.91. The number of para-hydroxylation sites is 1. The summed E-state index contributed by atoms with van der Waals surface area (Å²) in [6, 6.07) is 7.05. The number of ether oxygens (including phenoxy) is 2. The third-order valence-electron chi connectivity index (χ3n) is 5.49. The lowest BCUT2D eigenvalue weighted by Crippen LogP contribution is -2.54. The second kappa shape index (κ2) is 7.98. The molecule has 1 spiro atoms. The molecule has 7 heteroatoms. The van der Waals surface area contributed by atoms with Crippen molar-refractivity contribution in [1.29, 1.82) is 0 Å². The smallest absolute Gasteiger partial charge is 0.326 e. The van der Waals surface area contributed by atoms with E-state index in [9.17, 15) is 14.4 Å². The summed E-state index contributed by atoms with van der Waals surface area (Å²) >= 11 is 0. The predicted octanol–water partition coefficient (Wildman–Crippen LogP) is 2.42. The Kier molecular flexibility index (Phi) is 5.68. The number of urea groups is 1. The van der Waals surface area contributed by atoms with Gasteiger partial charge in [-0.2, -0.15) is 0 Å². The van der Waals surface area contributed by atoms with Crippen molar-refractivity contribution in [3.05, 3.63) is 29.8 Å². The Morgan fingerprint density at radius 2 is 2.04 bits per heavy atom. The molecule has 3 rings (SSSR count). The number of aryl methyl sites for hydroxylation is 1. The highest BCUT2D eigenvalue weighted by Crippen LogP contribution is 2.38.